The largest absolute Gasteiger partial charge is 0.379 e. The van der Waals surface area contributed by atoms with E-state index in [1.165, 1.54) is 22.5 Å². The molecule has 10 heteroatoms. The first-order valence-electron chi connectivity index (χ1n) is 10.4. The number of nitrogens with zero attached hydrogens (tertiary/aromatic N) is 2. The second-order valence-electron chi connectivity index (χ2n) is 7.70. The van der Waals surface area contributed by atoms with Crippen molar-refractivity contribution >= 4 is 26.8 Å². The monoisotopic (exact) mass is 466 g/mol. The highest BCUT2D eigenvalue weighted by Crippen LogP contribution is 2.24. The molecule has 4 rings (SSSR count). The fraction of sp³-hybridized carbons (Fsp3) is 0.261. The van der Waals surface area contributed by atoms with E-state index in [9.17, 15) is 18.0 Å². The van der Waals surface area contributed by atoms with Crippen LogP contribution in [0.3, 0.4) is 0 Å². The van der Waals surface area contributed by atoms with Crippen molar-refractivity contribution < 1.29 is 17.9 Å². The van der Waals surface area contributed by atoms with E-state index >= 15 is 0 Å². The number of carbonyl (C=O) groups excluding carboxylic acids is 1. The van der Waals surface area contributed by atoms with Gasteiger partial charge in [-0.2, -0.15) is 9.57 Å². The maximum Gasteiger partial charge on any atom is 0.252 e. The zero-order chi connectivity index (χ0) is 23.6. The number of aromatic amines is 1. The summed E-state index contributed by atoms with van der Waals surface area (Å²) in [5, 5.41) is 12.1. The molecule has 0 spiro atoms. The molecule has 1 unspecified atom stereocenters. The Hall–Kier alpha value is -3.52. The number of morpholine rings is 1. The Kier molecular flexibility index (Phi) is 6.29. The molecule has 2 aromatic carbocycles. The van der Waals surface area contributed by atoms with Gasteiger partial charge in [0.15, 0.2) is 0 Å². The van der Waals surface area contributed by atoms with Gasteiger partial charge in [-0.25, -0.2) is 8.42 Å². The number of sulfonamides is 1. The quantitative estimate of drug-likeness (QED) is 0.590. The van der Waals surface area contributed by atoms with Gasteiger partial charge in [-0.15, -0.1) is 0 Å². The molecule has 1 aromatic heterocycles. The Morgan fingerprint density at radius 3 is 2.52 bits per heavy atom. The topological polar surface area (TPSA) is 132 Å². The van der Waals surface area contributed by atoms with Gasteiger partial charge in [0.25, 0.3) is 5.91 Å². The lowest BCUT2D eigenvalue weighted by molar-refractivity contribution is 0.0730. The van der Waals surface area contributed by atoms with E-state index in [0.717, 1.165) is 11.6 Å². The van der Waals surface area contributed by atoms with E-state index < -0.39 is 27.5 Å². The molecule has 1 aliphatic heterocycles. The summed E-state index contributed by atoms with van der Waals surface area (Å²) in [6, 6.07) is 13.9. The standard InChI is InChI=1S/C23H22N4O5S/c1-15(17-4-2-16(14-24)3-5-17)25-23(29)20-13-22(28)26-21-7-6-18(12-19(20)21)33(30,31)27-8-10-32-11-9-27/h2-7,12-13,15H,8-11H2,1H3,(H,25,29)(H,26,28). The predicted octanol–water partition coefficient (Wildman–Crippen LogP) is 1.91. The lowest BCUT2D eigenvalue weighted by atomic mass is 10.0. The first-order valence-corrected chi connectivity index (χ1v) is 11.8. The van der Waals surface area contributed by atoms with Crippen LogP contribution in [0.15, 0.2) is 58.2 Å². The number of pyridine rings is 1. The number of carbonyl (C=O) groups is 1. The molecular formula is C23H22N4O5S. The first-order chi connectivity index (χ1) is 15.8. The van der Waals surface area contributed by atoms with Crippen LogP contribution in [-0.4, -0.2) is 49.9 Å². The van der Waals surface area contributed by atoms with Crippen LogP contribution in [0.4, 0.5) is 0 Å². The summed E-state index contributed by atoms with van der Waals surface area (Å²) >= 11 is 0. The highest BCUT2D eigenvalue weighted by atomic mass is 32.2. The van der Waals surface area contributed by atoms with Gasteiger partial charge in [-0.05, 0) is 42.8 Å². The summed E-state index contributed by atoms with van der Waals surface area (Å²) in [5.41, 5.74) is 1.26. The molecule has 0 bridgehead atoms. The van der Waals surface area contributed by atoms with Crippen molar-refractivity contribution in [1.82, 2.24) is 14.6 Å². The van der Waals surface area contributed by atoms with Crippen molar-refractivity contribution in [3.05, 3.63) is 75.6 Å². The molecule has 1 aliphatic rings. The lowest BCUT2D eigenvalue weighted by Gasteiger charge is -2.26. The number of ether oxygens (including phenoxy) is 1. The van der Waals surface area contributed by atoms with E-state index in [0.29, 0.717) is 29.7 Å². The Bertz CT molecular complexity index is 1400. The van der Waals surface area contributed by atoms with Crippen LogP contribution in [0, 0.1) is 11.3 Å². The van der Waals surface area contributed by atoms with Crippen LogP contribution < -0.4 is 10.9 Å². The highest BCUT2D eigenvalue weighted by molar-refractivity contribution is 7.89. The number of nitriles is 1. The minimum absolute atomic E-state index is 0.0399. The van der Waals surface area contributed by atoms with Crippen LogP contribution >= 0.6 is 0 Å². The Labute approximate surface area is 190 Å². The normalized spacial score (nSPS) is 15.6. The Balaban J connectivity index is 1.68. The van der Waals surface area contributed by atoms with E-state index in [1.807, 2.05) is 6.07 Å². The predicted molar refractivity (Wildman–Crippen MR) is 121 cm³/mol. The number of amides is 1. The number of nitrogens with one attached hydrogen (secondary N) is 2. The SMILES string of the molecule is CC(NC(=O)c1cc(=O)[nH]c2ccc(S(=O)(=O)N3CCOCC3)cc12)c1ccc(C#N)cc1. The van der Waals surface area contributed by atoms with Crippen molar-refractivity contribution in [3.63, 3.8) is 0 Å². The van der Waals surface area contributed by atoms with Gasteiger partial charge >= 0.3 is 0 Å². The summed E-state index contributed by atoms with van der Waals surface area (Å²) in [6.07, 6.45) is 0. The van der Waals surface area contributed by atoms with Crippen LogP contribution in [0.2, 0.25) is 0 Å². The molecule has 1 amide bonds. The molecule has 9 nitrogen and oxygen atoms in total. The second kappa shape index (κ2) is 9.15. The van der Waals surface area contributed by atoms with Crippen LogP contribution in [0.25, 0.3) is 10.9 Å². The number of aromatic nitrogens is 1. The third-order valence-electron chi connectivity index (χ3n) is 5.55. The van der Waals surface area contributed by atoms with Gasteiger partial charge in [0, 0.05) is 30.1 Å². The molecule has 170 valence electrons. The molecule has 3 aromatic rings. The summed E-state index contributed by atoms with van der Waals surface area (Å²) in [7, 11) is -3.78. The Morgan fingerprint density at radius 2 is 1.85 bits per heavy atom. The van der Waals surface area contributed by atoms with Crippen LogP contribution in [-0.2, 0) is 14.8 Å². The Morgan fingerprint density at radius 1 is 1.15 bits per heavy atom. The van der Waals surface area contributed by atoms with E-state index in [4.69, 9.17) is 10.00 Å². The highest BCUT2D eigenvalue weighted by Gasteiger charge is 2.27. The molecule has 1 atom stereocenters. The second-order valence-corrected chi connectivity index (χ2v) is 9.64. The van der Waals surface area contributed by atoms with E-state index in [2.05, 4.69) is 10.3 Å². The number of fused-ring (bicyclic) bond motifs is 1. The molecular weight excluding hydrogens is 444 g/mol. The average Bonchev–Trinajstić information content (AvgIpc) is 2.83. The molecule has 0 saturated carbocycles. The van der Waals surface area contributed by atoms with Gasteiger partial charge in [-0.1, -0.05) is 12.1 Å². The van der Waals surface area contributed by atoms with Gasteiger partial charge in [0.2, 0.25) is 15.6 Å². The van der Waals surface area contributed by atoms with Gasteiger partial charge in [0.05, 0.1) is 41.3 Å². The van der Waals surface area contributed by atoms with Gasteiger partial charge in [-0.3, -0.25) is 9.59 Å². The summed E-state index contributed by atoms with van der Waals surface area (Å²) in [6.45, 7) is 2.92. The van der Waals surface area contributed by atoms with Crippen molar-refractivity contribution in [1.29, 1.82) is 5.26 Å². The molecule has 1 fully saturated rings. The lowest BCUT2D eigenvalue weighted by Crippen LogP contribution is -2.40. The molecule has 2 heterocycles. The number of hydrogen-bond donors (Lipinski definition) is 2. The molecule has 0 radical (unpaired) electrons. The van der Waals surface area contributed by atoms with Gasteiger partial charge < -0.3 is 15.0 Å². The van der Waals surface area contributed by atoms with E-state index in [-0.39, 0.29) is 23.5 Å². The molecule has 33 heavy (non-hydrogen) atoms. The molecule has 1 saturated heterocycles. The van der Waals surface area contributed by atoms with Crippen molar-refractivity contribution in [3.8, 4) is 6.07 Å². The van der Waals surface area contributed by atoms with Crippen molar-refractivity contribution in [2.45, 2.75) is 17.9 Å². The summed E-state index contributed by atoms with van der Waals surface area (Å²) in [5.74, 6) is -0.510. The average molecular weight is 467 g/mol. The zero-order valence-corrected chi connectivity index (χ0v) is 18.7. The smallest absolute Gasteiger partial charge is 0.252 e. The minimum Gasteiger partial charge on any atom is -0.379 e. The van der Waals surface area contributed by atoms with Crippen molar-refractivity contribution in [2.75, 3.05) is 26.3 Å². The van der Waals surface area contributed by atoms with Gasteiger partial charge in [0.1, 0.15) is 0 Å². The maximum atomic E-state index is 13.1. The number of hydrogen-bond acceptors (Lipinski definition) is 6. The number of rotatable bonds is 5. The summed E-state index contributed by atoms with van der Waals surface area (Å²) < 4.78 is 32.7. The third-order valence-corrected chi connectivity index (χ3v) is 7.45. The van der Waals surface area contributed by atoms with Crippen LogP contribution in [0.5, 0.6) is 0 Å². The van der Waals surface area contributed by atoms with Crippen LogP contribution in [0.1, 0.15) is 34.5 Å². The fourth-order valence-corrected chi connectivity index (χ4v) is 5.16. The molecule has 2 N–H and O–H groups in total. The summed E-state index contributed by atoms with van der Waals surface area (Å²) in [4.78, 5) is 27.9. The van der Waals surface area contributed by atoms with E-state index in [1.54, 1.807) is 31.2 Å². The van der Waals surface area contributed by atoms with Crippen molar-refractivity contribution in [2.24, 2.45) is 0 Å². The number of benzene rings is 2. The number of H-pyrrole nitrogens is 1. The third kappa shape index (κ3) is 4.66. The fourth-order valence-electron chi connectivity index (χ4n) is 3.72. The maximum absolute atomic E-state index is 13.1. The minimum atomic E-state index is -3.78. The molecule has 0 aliphatic carbocycles. The zero-order valence-electron chi connectivity index (χ0n) is 17.9. The first kappa shape index (κ1) is 22.7.